The number of pyridine rings is 1. The van der Waals surface area contributed by atoms with Crippen LogP contribution in [0.5, 0.6) is 0 Å². The molecule has 1 unspecified atom stereocenters. The molecule has 8 heteroatoms. The quantitative estimate of drug-likeness (QED) is 0.369. The van der Waals surface area contributed by atoms with Gasteiger partial charge in [0.05, 0.1) is 11.1 Å². The number of carbonyl (C=O) groups excluding carboxylic acids is 1. The highest BCUT2D eigenvalue weighted by atomic mass is 35.5. The maximum atomic E-state index is 12.3. The van der Waals surface area contributed by atoms with Crippen LogP contribution in [0, 0.1) is 0 Å². The predicted octanol–water partition coefficient (Wildman–Crippen LogP) is 0.628. The lowest BCUT2D eigenvalue weighted by atomic mass is 10.2. The van der Waals surface area contributed by atoms with Crippen molar-refractivity contribution in [1.29, 1.82) is 0 Å². The van der Waals surface area contributed by atoms with E-state index >= 15 is 0 Å². The molecule has 0 radical (unpaired) electrons. The summed E-state index contributed by atoms with van der Waals surface area (Å²) in [5, 5.41) is 12.2. The van der Waals surface area contributed by atoms with Crippen LogP contribution >= 0.6 is 11.6 Å². The largest absolute Gasteiger partial charge is 0.409 e. The van der Waals surface area contributed by atoms with E-state index in [0.717, 1.165) is 0 Å². The summed E-state index contributed by atoms with van der Waals surface area (Å²) in [7, 11) is 0. The van der Waals surface area contributed by atoms with Gasteiger partial charge in [-0.15, -0.1) is 0 Å². The minimum absolute atomic E-state index is 0.109. The molecule has 0 aliphatic carbocycles. The van der Waals surface area contributed by atoms with Gasteiger partial charge in [0, 0.05) is 32.4 Å². The summed E-state index contributed by atoms with van der Waals surface area (Å²) in [6.07, 6.45) is 1.46. The number of hydrogen-bond donors (Lipinski definition) is 2. The Morgan fingerprint density at radius 2 is 2.10 bits per heavy atom. The van der Waals surface area contributed by atoms with E-state index in [2.05, 4.69) is 15.0 Å². The van der Waals surface area contributed by atoms with Crippen molar-refractivity contribution in [2.75, 3.05) is 26.2 Å². The van der Waals surface area contributed by atoms with Crippen molar-refractivity contribution >= 4 is 23.3 Å². The topological polar surface area (TPSA) is 95.0 Å². The van der Waals surface area contributed by atoms with Crippen molar-refractivity contribution in [2.45, 2.75) is 13.0 Å². The fourth-order valence-corrected chi connectivity index (χ4v) is 2.36. The average molecular weight is 312 g/mol. The Bertz CT molecular complexity index is 526. The molecule has 114 valence electrons. The van der Waals surface area contributed by atoms with Crippen LogP contribution in [-0.4, -0.2) is 64.0 Å². The zero-order chi connectivity index (χ0) is 15.4. The third-order valence-corrected chi connectivity index (χ3v) is 3.86. The van der Waals surface area contributed by atoms with Gasteiger partial charge < -0.3 is 15.8 Å². The van der Waals surface area contributed by atoms with E-state index in [0.29, 0.717) is 36.9 Å². The molecule has 1 aromatic heterocycles. The number of nitrogens with two attached hydrogens (primary N) is 1. The molecular weight excluding hydrogens is 294 g/mol. The smallest absolute Gasteiger partial charge is 0.272 e. The third kappa shape index (κ3) is 3.62. The third-order valence-electron chi connectivity index (χ3n) is 3.64. The lowest BCUT2D eigenvalue weighted by Gasteiger charge is -2.37. The number of hydrogen-bond acceptors (Lipinski definition) is 5. The normalized spacial score (nSPS) is 18.6. The lowest BCUT2D eigenvalue weighted by molar-refractivity contribution is 0.0613. The maximum Gasteiger partial charge on any atom is 0.272 e. The molecule has 1 aliphatic rings. The first-order valence-electron chi connectivity index (χ1n) is 6.65. The highest BCUT2D eigenvalue weighted by Gasteiger charge is 2.26. The van der Waals surface area contributed by atoms with E-state index in [9.17, 15) is 4.79 Å². The van der Waals surface area contributed by atoms with Crippen LogP contribution in [0.2, 0.25) is 5.02 Å². The summed E-state index contributed by atoms with van der Waals surface area (Å²) >= 11 is 5.76. The lowest BCUT2D eigenvalue weighted by Crippen LogP contribution is -2.54. The highest BCUT2D eigenvalue weighted by molar-refractivity contribution is 6.30. The molecule has 21 heavy (non-hydrogen) atoms. The van der Waals surface area contributed by atoms with E-state index in [-0.39, 0.29) is 17.8 Å². The van der Waals surface area contributed by atoms with E-state index in [1.165, 1.54) is 6.20 Å². The van der Waals surface area contributed by atoms with Gasteiger partial charge in [-0.2, -0.15) is 0 Å². The molecule has 1 aliphatic heterocycles. The summed E-state index contributed by atoms with van der Waals surface area (Å²) in [5.41, 5.74) is 5.99. The Labute approximate surface area is 128 Å². The standard InChI is InChI=1S/C13H18ClN5O2/c1-9(12(15)17-21)18-4-6-19(7-5-18)13(20)11-3-2-10(14)8-16-11/h2-3,8-9,21H,4-7H2,1H3,(H2,15,17). The number of nitrogens with zero attached hydrogens (tertiary/aromatic N) is 4. The first-order valence-corrected chi connectivity index (χ1v) is 7.03. The summed E-state index contributed by atoms with van der Waals surface area (Å²) < 4.78 is 0. The first kappa shape index (κ1) is 15.5. The van der Waals surface area contributed by atoms with Crippen molar-refractivity contribution in [3.05, 3.63) is 29.0 Å². The second kappa shape index (κ2) is 6.73. The molecule has 0 saturated carbocycles. The average Bonchev–Trinajstić information content (AvgIpc) is 2.53. The Hall–Kier alpha value is -1.86. The molecule has 1 fully saturated rings. The highest BCUT2D eigenvalue weighted by Crippen LogP contribution is 2.12. The van der Waals surface area contributed by atoms with E-state index in [4.69, 9.17) is 22.5 Å². The van der Waals surface area contributed by atoms with E-state index in [1.54, 1.807) is 17.0 Å². The number of oxime groups is 1. The number of amidine groups is 1. The molecule has 1 aromatic rings. The van der Waals surface area contributed by atoms with Gasteiger partial charge in [-0.05, 0) is 19.1 Å². The van der Waals surface area contributed by atoms with E-state index < -0.39 is 0 Å². The van der Waals surface area contributed by atoms with Crippen LogP contribution in [0.3, 0.4) is 0 Å². The first-order chi connectivity index (χ1) is 10.0. The van der Waals surface area contributed by atoms with Gasteiger partial charge in [-0.1, -0.05) is 16.8 Å². The zero-order valence-corrected chi connectivity index (χ0v) is 12.5. The van der Waals surface area contributed by atoms with Gasteiger partial charge >= 0.3 is 0 Å². The molecule has 2 rings (SSSR count). The molecule has 1 saturated heterocycles. The SMILES string of the molecule is CC(C(N)=NO)N1CCN(C(=O)c2ccc(Cl)cn2)CC1. The van der Waals surface area contributed by atoms with Gasteiger partial charge in [0.2, 0.25) is 0 Å². The minimum atomic E-state index is -0.152. The van der Waals surface area contributed by atoms with Gasteiger partial charge in [0.15, 0.2) is 5.84 Å². The van der Waals surface area contributed by atoms with Crippen LogP contribution in [-0.2, 0) is 0 Å². The number of halogens is 1. The molecule has 2 heterocycles. The van der Waals surface area contributed by atoms with Crippen LogP contribution in [0.25, 0.3) is 0 Å². The Morgan fingerprint density at radius 3 is 2.62 bits per heavy atom. The Balaban J connectivity index is 1.94. The monoisotopic (exact) mass is 311 g/mol. The van der Waals surface area contributed by atoms with Crippen molar-refractivity contribution in [1.82, 2.24) is 14.8 Å². The Kier molecular flexibility index (Phi) is 4.98. The van der Waals surface area contributed by atoms with Crippen molar-refractivity contribution in [2.24, 2.45) is 10.9 Å². The molecule has 0 aromatic carbocycles. The van der Waals surface area contributed by atoms with Crippen LogP contribution < -0.4 is 5.73 Å². The molecule has 3 N–H and O–H groups in total. The fraction of sp³-hybridized carbons (Fsp3) is 0.462. The molecule has 0 bridgehead atoms. The van der Waals surface area contributed by atoms with Gasteiger partial charge in [-0.25, -0.2) is 4.98 Å². The molecule has 1 atom stereocenters. The summed E-state index contributed by atoms with van der Waals surface area (Å²) in [5.74, 6) is 0.0666. The summed E-state index contributed by atoms with van der Waals surface area (Å²) in [4.78, 5) is 20.1. The number of piperazine rings is 1. The van der Waals surface area contributed by atoms with Crippen LogP contribution in [0.4, 0.5) is 0 Å². The molecule has 7 nitrogen and oxygen atoms in total. The number of aromatic nitrogens is 1. The van der Waals surface area contributed by atoms with Gasteiger partial charge in [0.1, 0.15) is 5.69 Å². The Morgan fingerprint density at radius 1 is 1.43 bits per heavy atom. The molecule has 0 spiro atoms. The molecular formula is C13H18ClN5O2. The minimum Gasteiger partial charge on any atom is -0.409 e. The van der Waals surface area contributed by atoms with Crippen LogP contribution in [0.1, 0.15) is 17.4 Å². The van der Waals surface area contributed by atoms with E-state index in [1.807, 2.05) is 6.92 Å². The van der Waals surface area contributed by atoms with Crippen molar-refractivity contribution in [3.8, 4) is 0 Å². The second-order valence-electron chi connectivity index (χ2n) is 4.89. The van der Waals surface area contributed by atoms with Crippen molar-refractivity contribution in [3.63, 3.8) is 0 Å². The summed E-state index contributed by atoms with van der Waals surface area (Å²) in [6, 6.07) is 3.12. The fourth-order valence-electron chi connectivity index (χ4n) is 2.25. The maximum absolute atomic E-state index is 12.3. The zero-order valence-electron chi connectivity index (χ0n) is 11.7. The molecule has 1 amide bonds. The van der Waals surface area contributed by atoms with Crippen LogP contribution in [0.15, 0.2) is 23.5 Å². The second-order valence-corrected chi connectivity index (χ2v) is 5.33. The number of carbonyl (C=O) groups is 1. The van der Waals surface area contributed by atoms with Gasteiger partial charge in [0.25, 0.3) is 5.91 Å². The summed E-state index contributed by atoms with van der Waals surface area (Å²) in [6.45, 7) is 4.35. The predicted molar refractivity (Wildman–Crippen MR) is 79.6 cm³/mol. The van der Waals surface area contributed by atoms with Gasteiger partial charge in [-0.3, -0.25) is 9.69 Å². The van der Waals surface area contributed by atoms with Crippen molar-refractivity contribution < 1.29 is 10.0 Å². The number of rotatable bonds is 3. The number of amides is 1.